The maximum absolute atomic E-state index is 11.6. The fraction of sp³-hybridized carbons (Fsp3) is 0.667. The normalized spacial score (nSPS) is 19.8. The molecule has 0 aromatic rings. The topological polar surface area (TPSA) is 15.6 Å². The second-order valence-electron chi connectivity index (χ2n) is 1.15. The van der Waals surface area contributed by atoms with Crippen molar-refractivity contribution in [3.8, 4) is 0 Å². The SMILES string of the molecule is FN1CCC=N1. The minimum atomic E-state index is 0.431. The predicted molar refractivity (Wildman–Crippen MR) is 20.9 cm³/mol. The third-order valence-electron chi connectivity index (χ3n) is 0.650. The molecule has 0 saturated carbocycles. The maximum Gasteiger partial charge on any atom is 0.0749 e. The van der Waals surface area contributed by atoms with Crippen molar-refractivity contribution in [3.63, 3.8) is 0 Å². The quantitative estimate of drug-likeness (QED) is 0.395. The fourth-order valence-electron chi connectivity index (χ4n) is 0.368. The summed E-state index contributed by atoms with van der Waals surface area (Å²) in [5, 5.41) is 3.71. The van der Waals surface area contributed by atoms with Crippen molar-refractivity contribution in [1.29, 1.82) is 0 Å². The standard InChI is InChI=1S/C3H5FN2/c4-6-3-1-2-5-6/h2H,1,3H2. The fourth-order valence-corrected chi connectivity index (χ4v) is 0.368. The summed E-state index contributed by atoms with van der Waals surface area (Å²) in [5.74, 6) is 0. The van der Waals surface area contributed by atoms with Crippen molar-refractivity contribution in [2.45, 2.75) is 6.42 Å². The lowest BCUT2D eigenvalue weighted by Gasteiger charge is -1.92. The Bertz CT molecular complexity index is 71.2. The van der Waals surface area contributed by atoms with Gasteiger partial charge in [0.1, 0.15) is 0 Å². The zero-order valence-corrected chi connectivity index (χ0v) is 3.26. The zero-order valence-electron chi connectivity index (χ0n) is 3.26. The molecule has 0 fully saturated rings. The molecule has 0 spiro atoms. The van der Waals surface area contributed by atoms with Crippen LogP contribution in [0.5, 0.6) is 0 Å². The summed E-state index contributed by atoms with van der Waals surface area (Å²) in [7, 11) is 0. The first-order valence-electron chi connectivity index (χ1n) is 1.85. The van der Waals surface area contributed by atoms with Crippen molar-refractivity contribution >= 4 is 6.21 Å². The first-order chi connectivity index (χ1) is 2.89. The van der Waals surface area contributed by atoms with Crippen LogP contribution < -0.4 is 0 Å². The van der Waals surface area contributed by atoms with Crippen LogP contribution in [0.4, 0.5) is 4.48 Å². The van der Waals surface area contributed by atoms with Gasteiger partial charge < -0.3 is 0 Å². The summed E-state index contributed by atoms with van der Waals surface area (Å²) < 4.78 is 11.6. The number of hydrazone groups is 1. The Balaban J connectivity index is 2.38. The summed E-state index contributed by atoms with van der Waals surface area (Å²) in [5.41, 5.74) is 0. The van der Waals surface area contributed by atoms with Gasteiger partial charge in [-0.1, -0.05) is 4.48 Å². The van der Waals surface area contributed by atoms with Gasteiger partial charge in [0.2, 0.25) is 0 Å². The average molecular weight is 88.1 g/mol. The molecule has 1 rings (SSSR count). The zero-order chi connectivity index (χ0) is 4.41. The van der Waals surface area contributed by atoms with Gasteiger partial charge in [-0.2, -0.15) is 5.10 Å². The number of halogens is 1. The summed E-state index contributed by atoms with van der Waals surface area (Å²) >= 11 is 0. The van der Waals surface area contributed by atoms with E-state index in [-0.39, 0.29) is 0 Å². The Hall–Kier alpha value is -0.600. The molecular weight excluding hydrogens is 83.0 g/mol. The highest BCUT2D eigenvalue weighted by Crippen LogP contribution is 1.96. The van der Waals surface area contributed by atoms with E-state index in [9.17, 15) is 4.48 Å². The van der Waals surface area contributed by atoms with E-state index in [1.54, 1.807) is 6.21 Å². The summed E-state index contributed by atoms with van der Waals surface area (Å²) in [6.45, 7) is 0.431. The second kappa shape index (κ2) is 1.24. The Morgan fingerprint density at radius 2 is 2.67 bits per heavy atom. The molecule has 0 radical (unpaired) electrons. The molecule has 0 N–H and O–H groups in total. The molecule has 0 amide bonds. The van der Waals surface area contributed by atoms with Crippen molar-refractivity contribution in [2.75, 3.05) is 6.54 Å². The molecule has 0 aromatic heterocycles. The largest absolute Gasteiger partial charge is 0.160 e. The first-order valence-corrected chi connectivity index (χ1v) is 1.85. The molecule has 0 aliphatic carbocycles. The number of hydrogen-bond acceptors (Lipinski definition) is 2. The van der Waals surface area contributed by atoms with Gasteiger partial charge in [-0.25, -0.2) is 0 Å². The van der Waals surface area contributed by atoms with Gasteiger partial charge in [-0.3, -0.25) is 0 Å². The van der Waals surface area contributed by atoms with Gasteiger partial charge >= 0.3 is 0 Å². The van der Waals surface area contributed by atoms with Crippen LogP contribution in [0.15, 0.2) is 5.10 Å². The Labute approximate surface area is 35.2 Å². The molecule has 0 unspecified atom stereocenters. The monoisotopic (exact) mass is 88.0 g/mol. The molecular formula is C3H5FN2. The van der Waals surface area contributed by atoms with Crippen LogP contribution in [-0.2, 0) is 0 Å². The third kappa shape index (κ3) is 0.478. The molecule has 1 aliphatic heterocycles. The summed E-state index contributed by atoms with van der Waals surface area (Å²) in [6, 6.07) is 0. The molecule has 34 valence electrons. The molecule has 0 atom stereocenters. The first kappa shape index (κ1) is 3.59. The van der Waals surface area contributed by atoms with E-state index in [0.29, 0.717) is 11.8 Å². The van der Waals surface area contributed by atoms with E-state index in [1.807, 2.05) is 0 Å². The number of rotatable bonds is 0. The highest BCUT2D eigenvalue weighted by atomic mass is 19.2. The third-order valence-corrected chi connectivity index (χ3v) is 0.650. The molecule has 3 heteroatoms. The number of nitrogens with zero attached hydrogens (tertiary/aromatic N) is 2. The lowest BCUT2D eigenvalue weighted by atomic mass is 10.5. The lowest BCUT2D eigenvalue weighted by Crippen LogP contribution is -1.97. The van der Waals surface area contributed by atoms with Gasteiger partial charge in [-0.15, -0.1) is 5.23 Å². The molecule has 1 aliphatic rings. The van der Waals surface area contributed by atoms with Crippen molar-refractivity contribution < 1.29 is 4.48 Å². The molecule has 1 heterocycles. The van der Waals surface area contributed by atoms with Gasteiger partial charge in [-0.05, 0) is 0 Å². The summed E-state index contributed by atoms with van der Waals surface area (Å²) in [4.78, 5) is 0. The van der Waals surface area contributed by atoms with Crippen LogP contribution in [0, 0.1) is 0 Å². The van der Waals surface area contributed by atoms with Gasteiger partial charge in [0.15, 0.2) is 0 Å². The summed E-state index contributed by atoms with van der Waals surface area (Å²) in [6.07, 6.45) is 2.30. The van der Waals surface area contributed by atoms with Crippen LogP contribution in [-0.4, -0.2) is 18.0 Å². The van der Waals surface area contributed by atoms with Crippen LogP contribution >= 0.6 is 0 Å². The molecule has 6 heavy (non-hydrogen) atoms. The van der Waals surface area contributed by atoms with E-state index >= 15 is 0 Å². The van der Waals surface area contributed by atoms with E-state index < -0.39 is 0 Å². The lowest BCUT2D eigenvalue weighted by molar-refractivity contribution is 0.0439. The Morgan fingerprint density at radius 3 is 2.83 bits per heavy atom. The minimum absolute atomic E-state index is 0.431. The van der Waals surface area contributed by atoms with Gasteiger partial charge in [0.25, 0.3) is 0 Å². The van der Waals surface area contributed by atoms with Crippen LogP contribution in [0.25, 0.3) is 0 Å². The van der Waals surface area contributed by atoms with Crippen molar-refractivity contribution in [2.24, 2.45) is 5.10 Å². The second-order valence-corrected chi connectivity index (χ2v) is 1.15. The van der Waals surface area contributed by atoms with E-state index in [0.717, 1.165) is 6.42 Å². The van der Waals surface area contributed by atoms with Crippen molar-refractivity contribution in [3.05, 3.63) is 0 Å². The smallest absolute Gasteiger partial charge is 0.0749 e. The number of hydrogen-bond donors (Lipinski definition) is 0. The average Bonchev–Trinajstić information content (AvgIpc) is 1.86. The van der Waals surface area contributed by atoms with E-state index in [2.05, 4.69) is 5.10 Å². The van der Waals surface area contributed by atoms with E-state index in [1.165, 1.54) is 0 Å². The molecule has 0 bridgehead atoms. The van der Waals surface area contributed by atoms with Gasteiger partial charge in [0.05, 0.1) is 6.54 Å². The highest BCUT2D eigenvalue weighted by molar-refractivity contribution is 5.58. The Morgan fingerprint density at radius 1 is 1.83 bits per heavy atom. The molecule has 2 nitrogen and oxygen atoms in total. The van der Waals surface area contributed by atoms with Crippen LogP contribution in [0.3, 0.4) is 0 Å². The van der Waals surface area contributed by atoms with Crippen LogP contribution in [0.2, 0.25) is 0 Å². The van der Waals surface area contributed by atoms with Crippen LogP contribution in [0.1, 0.15) is 6.42 Å². The Kier molecular flexibility index (Phi) is 0.742. The molecule has 0 aromatic carbocycles. The van der Waals surface area contributed by atoms with Crippen molar-refractivity contribution in [1.82, 2.24) is 5.23 Å². The minimum Gasteiger partial charge on any atom is -0.160 e. The maximum atomic E-state index is 11.6. The van der Waals surface area contributed by atoms with Gasteiger partial charge in [0, 0.05) is 12.6 Å². The molecule has 0 saturated heterocycles. The van der Waals surface area contributed by atoms with E-state index in [4.69, 9.17) is 0 Å². The highest BCUT2D eigenvalue weighted by Gasteiger charge is 1.99. The predicted octanol–water partition coefficient (Wildman–Crippen LogP) is 0.562.